The molecule has 96 valence electrons. The van der Waals surface area contributed by atoms with E-state index in [0.29, 0.717) is 13.2 Å². The summed E-state index contributed by atoms with van der Waals surface area (Å²) in [5.41, 5.74) is 4.37. The molecule has 1 heterocycles. The molecule has 2 aromatic rings. The summed E-state index contributed by atoms with van der Waals surface area (Å²) in [5, 5.41) is 1.06. The van der Waals surface area contributed by atoms with Crippen LogP contribution in [0.25, 0.3) is 10.9 Å². The predicted molar refractivity (Wildman–Crippen MR) is 68.0 cm³/mol. The van der Waals surface area contributed by atoms with Gasteiger partial charge in [0.05, 0.1) is 19.6 Å². The molecule has 0 spiro atoms. The van der Waals surface area contributed by atoms with Gasteiger partial charge < -0.3 is 9.72 Å². The Balaban J connectivity index is 1.91. The van der Waals surface area contributed by atoms with E-state index in [1.165, 1.54) is 0 Å². The van der Waals surface area contributed by atoms with Gasteiger partial charge in [0.1, 0.15) is 0 Å². The molecule has 1 amide bonds. The van der Waals surface area contributed by atoms with Crippen LogP contribution in [0.5, 0.6) is 0 Å². The second kappa shape index (κ2) is 6.18. The van der Waals surface area contributed by atoms with Crippen molar-refractivity contribution in [1.82, 2.24) is 10.5 Å². The van der Waals surface area contributed by atoms with Crippen molar-refractivity contribution < 1.29 is 14.4 Å². The average Bonchev–Trinajstić information content (AvgIpc) is 2.78. The van der Waals surface area contributed by atoms with Crippen LogP contribution >= 0.6 is 0 Å². The Morgan fingerprint density at radius 3 is 3.00 bits per heavy atom. The number of para-hydroxylation sites is 1. The molecule has 0 aliphatic rings. The van der Waals surface area contributed by atoms with E-state index in [2.05, 4.69) is 10.5 Å². The lowest BCUT2D eigenvalue weighted by molar-refractivity contribution is -0.133. The molecule has 0 atom stereocenters. The maximum atomic E-state index is 11.6. The Morgan fingerprint density at radius 2 is 2.17 bits per heavy atom. The van der Waals surface area contributed by atoms with Gasteiger partial charge in [-0.25, -0.2) is 5.48 Å². The first-order chi connectivity index (χ1) is 8.81. The zero-order valence-electron chi connectivity index (χ0n) is 10.2. The molecule has 1 aromatic heterocycles. The number of amides is 1. The van der Waals surface area contributed by atoms with Gasteiger partial charge in [-0.3, -0.25) is 9.63 Å². The molecule has 0 aliphatic carbocycles. The normalized spacial score (nSPS) is 10.7. The number of aromatic nitrogens is 1. The van der Waals surface area contributed by atoms with Crippen LogP contribution in [0.1, 0.15) is 5.56 Å². The number of methoxy groups -OCH3 is 1. The molecule has 1 aromatic carbocycles. The maximum Gasteiger partial charge on any atom is 0.248 e. The van der Waals surface area contributed by atoms with Crippen molar-refractivity contribution in [1.29, 1.82) is 0 Å². The van der Waals surface area contributed by atoms with Gasteiger partial charge in [0.15, 0.2) is 0 Å². The summed E-state index contributed by atoms with van der Waals surface area (Å²) in [6, 6.07) is 7.87. The van der Waals surface area contributed by atoms with Crippen molar-refractivity contribution in [2.75, 3.05) is 20.3 Å². The number of hydrogen-bond donors (Lipinski definition) is 2. The number of benzene rings is 1. The van der Waals surface area contributed by atoms with E-state index in [0.717, 1.165) is 16.5 Å². The lowest BCUT2D eigenvalue weighted by Crippen LogP contribution is -2.26. The second-order valence-electron chi connectivity index (χ2n) is 3.90. The van der Waals surface area contributed by atoms with E-state index < -0.39 is 0 Å². The fraction of sp³-hybridized carbons (Fsp3) is 0.308. The van der Waals surface area contributed by atoms with Crippen molar-refractivity contribution in [2.24, 2.45) is 0 Å². The number of aromatic amines is 1. The molecule has 2 N–H and O–H groups in total. The van der Waals surface area contributed by atoms with Crippen LogP contribution in [0.3, 0.4) is 0 Å². The highest BCUT2D eigenvalue weighted by atomic mass is 16.7. The summed E-state index contributed by atoms with van der Waals surface area (Å²) in [6.45, 7) is 0.795. The van der Waals surface area contributed by atoms with Crippen molar-refractivity contribution in [3.05, 3.63) is 36.0 Å². The Hall–Kier alpha value is -1.85. The third kappa shape index (κ3) is 3.09. The number of rotatable bonds is 6. The van der Waals surface area contributed by atoms with Crippen molar-refractivity contribution in [3.8, 4) is 0 Å². The second-order valence-corrected chi connectivity index (χ2v) is 3.90. The molecular weight excluding hydrogens is 232 g/mol. The first-order valence-electron chi connectivity index (χ1n) is 5.76. The van der Waals surface area contributed by atoms with Crippen LogP contribution in [-0.2, 0) is 20.8 Å². The monoisotopic (exact) mass is 248 g/mol. The Morgan fingerprint density at radius 1 is 1.33 bits per heavy atom. The van der Waals surface area contributed by atoms with Gasteiger partial charge in [0.25, 0.3) is 0 Å². The van der Waals surface area contributed by atoms with Gasteiger partial charge in [-0.15, -0.1) is 0 Å². The molecule has 0 saturated carbocycles. The number of hydrogen-bond acceptors (Lipinski definition) is 3. The van der Waals surface area contributed by atoms with Gasteiger partial charge >= 0.3 is 0 Å². The van der Waals surface area contributed by atoms with Gasteiger partial charge in [0.2, 0.25) is 5.91 Å². The van der Waals surface area contributed by atoms with E-state index >= 15 is 0 Å². The first kappa shape index (κ1) is 12.6. The number of carbonyl (C=O) groups excluding carboxylic acids is 1. The van der Waals surface area contributed by atoms with Gasteiger partial charge in [-0.1, -0.05) is 18.2 Å². The fourth-order valence-electron chi connectivity index (χ4n) is 1.74. The zero-order valence-corrected chi connectivity index (χ0v) is 10.2. The van der Waals surface area contributed by atoms with Crippen LogP contribution in [0.15, 0.2) is 30.5 Å². The number of fused-ring (bicyclic) bond motifs is 1. The fourth-order valence-corrected chi connectivity index (χ4v) is 1.74. The van der Waals surface area contributed by atoms with E-state index in [9.17, 15) is 4.79 Å². The molecule has 0 aliphatic heterocycles. The zero-order chi connectivity index (χ0) is 12.8. The van der Waals surface area contributed by atoms with Gasteiger partial charge in [-0.05, 0) is 11.6 Å². The number of H-pyrrole nitrogens is 1. The third-order valence-corrected chi connectivity index (χ3v) is 2.60. The molecule has 5 heteroatoms. The molecule has 0 saturated heterocycles. The highest BCUT2D eigenvalue weighted by molar-refractivity contribution is 5.88. The molecular formula is C13H16N2O3. The molecule has 0 bridgehead atoms. The molecule has 0 radical (unpaired) electrons. The van der Waals surface area contributed by atoms with Crippen LogP contribution in [0.2, 0.25) is 0 Å². The minimum Gasteiger partial charge on any atom is -0.382 e. The van der Waals surface area contributed by atoms with Crippen molar-refractivity contribution in [2.45, 2.75) is 6.42 Å². The third-order valence-electron chi connectivity index (χ3n) is 2.60. The highest BCUT2D eigenvalue weighted by Gasteiger charge is 2.08. The van der Waals surface area contributed by atoms with Crippen LogP contribution in [0.4, 0.5) is 0 Å². The Labute approximate surface area is 105 Å². The highest BCUT2D eigenvalue weighted by Crippen LogP contribution is 2.17. The summed E-state index contributed by atoms with van der Waals surface area (Å²) in [4.78, 5) is 19.7. The van der Waals surface area contributed by atoms with Gasteiger partial charge in [-0.2, -0.15) is 0 Å². The summed E-state index contributed by atoms with van der Waals surface area (Å²) < 4.78 is 4.81. The van der Waals surface area contributed by atoms with Gasteiger partial charge in [0, 0.05) is 24.2 Å². The van der Waals surface area contributed by atoms with Crippen LogP contribution in [-0.4, -0.2) is 31.2 Å². The van der Waals surface area contributed by atoms with E-state index in [1.54, 1.807) is 7.11 Å². The van der Waals surface area contributed by atoms with E-state index in [4.69, 9.17) is 9.57 Å². The summed E-state index contributed by atoms with van der Waals surface area (Å²) >= 11 is 0. The molecule has 18 heavy (non-hydrogen) atoms. The predicted octanol–water partition coefficient (Wildman–Crippen LogP) is 1.40. The standard InChI is InChI=1S/C13H16N2O3/c1-17-6-7-18-15-13(16)8-10-9-14-12-5-3-2-4-11(10)12/h2-5,9,14H,6-8H2,1H3,(H,15,16). The lowest BCUT2D eigenvalue weighted by atomic mass is 10.1. The Bertz CT molecular complexity index is 522. The minimum atomic E-state index is -0.171. The van der Waals surface area contributed by atoms with E-state index in [-0.39, 0.29) is 12.3 Å². The van der Waals surface area contributed by atoms with Crippen molar-refractivity contribution in [3.63, 3.8) is 0 Å². The number of ether oxygens (including phenoxy) is 1. The van der Waals surface area contributed by atoms with Crippen molar-refractivity contribution >= 4 is 16.8 Å². The molecule has 0 unspecified atom stereocenters. The number of nitrogens with one attached hydrogen (secondary N) is 2. The molecule has 2 rings (SSSR count). The summed E-state index contributed by atoms with van der Waals surface area (Å²) in [5.74, 6) is -0.171. The quantitative estimate of drug-likeness (QED) is 0.600. The van der Waals surface area contributed by atoms with Crippen LogP contribution in [0, 0.1) is 0 Å². The topological polar surface area (TPSA) is 63.4 Å². The number of carbonyl (C=O) groups is 1. The minimum absolute atomic E-state index is 0.171. The molecule has 0 fully saturated rings. The Kier molecular flexibility index (Phi) is 4.33. The maximum absolute atomic E-state index is 11.6. The first-order valence-corrected chi connectivity index (χ1v) is 5.76. The van der Waals surface area contributed by atoms with Crippen LogP contribution < -0.4 is 5.48 Å². The number of hydroxylamine groups is 1. The summed E-state index contributed by atoms with van der Waals surface area (Å²) in [7, 11) is 1.58. The van der Waals surface area contributed by atoms with E-state index in [1.807, 2.05) is 30.5 Å². The smallest absolute Gasteiger partial charge is 0.248 e. The largest absolute Gasteiger partial charge is 0.382 e. The summed E-state index contributed by atoms with van der Waals surface area (Å²) in [6.07, 6.45) is 2.14. The molecule has 5 nitrogen and oxygen atoms in total. The average molecular weight is 248 g/mol. The lowest BCUT2D eigenvalue weighted by Gasteiger charge is -2.04. The SMILES string of the molecule is COCCONC(=O)Cc1c[nH]c2ccccc12.